The van der Waals surface area contributed by atoms with Gasteiger partial charge in [0.25, 0.3) is 0 Å². The first-order valence-corrected chi connectivity index (χ1v) is 8.09. The predicted octanol–water partition coefficient (Wildman–Crippen LogP) is 1.27. The molecule has 0 spiro atoms. The molecule has 1 atom stereocenters. The third-order valence-corrected chi connectivity index (χ3v) is 5.41. The van der Waals surface area contributed by atoms with Gasteiger partial charge in [-0.2, -0.15) is 0 Å². The van der Waals surface area contributed by atoms with Crippen LogP contribution < -0.4 is 4.72 Å². The maximum Gasteiger partial charge on any atom is 0.337 e. The molecule has 0 heterocycles. The van der Waals surface area contributed by atoms with E-state index in [0.29, 0.717) is 18.4 Å². The molecule has 110 valence electrons. The highest BCUT2D eigenvalue weighted by molar-refractivity contribution is 7.90. The highest BCUT2D eigenvalue weighted by Crippen LogP contribution is 2.24. The van der Waals surface area contributed by atoms with Crippen LogP contribution >= 0.6 is 0 Å². The van der Waals surface area contributed by atoms with Gasteiger partial charge >= 0.3 is 5.97 Å². The fourth-order valence-corrected chi connectivity index (χ4v) is 3.22. The smallest absolute Gasteiger partial charge is 0.337 e. The third kappa shape index (κ3) is 3.02. The summed E-state index contributed by atoms with van der Waals surface area (Å²) in [5, 5.41) is -0.447. The summed E-state index contributed by atoms with van der Waals surface area (Å²) in [5.41, 5.74) is 2.58. The molecule has 0 aromatic heterocycles. The maximum absolute atomic E-state index is 11.9. The molecule has 0 fully saturated rings. The Morgan fingerprint density at radius 3 is 2.55 bits per heavy atom. The van der Waals surface area contributed by atoms with Crippen LogP contribution in [0.1, 0.15) is 35.3 Å². The van der Waals surface area contributed by atoms with E-state index in [1.54, 1.807) is 26.0 Å². The molecule has 0 aliphatic heterocycles. The van der Waals surface area contributed by atoms with Crippen molar-refractivity contribution in [3.05, 3.63) is 34.9 Å². The fraction of sp³-hybridized carbons (Fsp3) is 0.500. The van der Waals surface area contributed by atoms with Crippen molar-refractivity contribution >= 4 is 16.0 Å². The van der Waals surface area contributed by atoms with Crippen LogP contribution in [-0.4, -0.2) is 32.8 Å². The van der Waals surface area contributed by atoms with E-state index in [2.05, 4.69) is 9.46 Å². The predicted molar refractivity (Wildman–Crippen MR) is 76.2 cm³/mol. The third-order valence-electron chi connectivity index (χ3n) is 3.51. The highest BCUT2D eigenvalue weighted by Gasteiger charge is 2.27. The lowest BCUT2D eigenvalue weighted by Crippen LogP contribution is -2.39. The first-order valence-electron chi connectivity index (χ1n) is 6.54. The van der Waals surface area contributed by atoms with E-state index in [0.717, 1.165) is 11.1 Å². The van der Waals surface area contributed by atoms with Crippen LogP contribution in [0.5, 0.6) is 0 Å². The van der Waals surface area contributed by atoms with Gasteiger partial charge in [-0.3, -0.25) is 0 Å². The second-order valence-corrected chi connectivity index (χ2v) is 7.56. The summed E-state index contributed by atoms with van der Waals surface area (Å²) in [6.07, 6.45) is 1.26. The minimum atomic E-state index is -3.27. The van der Waals surface area contributed by atoms with E-state index < -0.39 is 15.3 Å². The van der Waals surface area contributed by atoms with Crippen LogP contribution in [0.2, 0.25) is 0 Å². The molecule has 1 aromatic carbocycles. The standard InChI is InChI=1S/C14H19NO4S/c1-9(2)20(17,18)15-13-7-10-4-5-11(14(16)19-3)6-12(10)8-13/h4-6,9,13,15H,7-8H2,1-3H3. The number of hydrogen-bond acceptors (Lipinski definition) is 4. The van der Waals surface area contributed by atoms with Crippen LogP contribution in [0.4, 0.5) is 0 Å². The van der Waals surface area contributed by atoms with E-state index in [1.807, 2.05) is 6.07 Å². The number of hydrogen-bond donors (Lipinski definition) is 1. The van der Waals surface area contributed by atoms with Crippen molar-refractivity contribution in [1.29, 1.82) is 0 Å². The summed E-state index contributed by atoms with van der Waals surface area (Å²) in [4.78, 5) is 11.5. The molecule has 5 nitrogen and oxygen atoms in total. The van der Waals surface area contributed by atoms with Crippen LogP contribution in [0.25, 0.3) is 0 Å². The van der Waals surface area contributed by atoms with Crippen LogP contribution in [-0.2, 0) is 27.6 Å². The zero-order chi connectivity index (χ0) is 14.9. The minimum absolute atomic E-state index is 0.134. The summed E-state index contributed by atoms with van der Waals surface area (Å²) in [5.74, 6) is -0.376. The molecule has 1 N–H and O–H groups in total. The molecule has 0 saturated carbocycles. The average Bonchev–Trinajstić information content (AvgIpc) is 2.77. The Bertz CT molecular complexity index is 622. The van der Waals surface area contributed by atoms with Crippen molar-refractivity contribution in [3.63, 3.8) is 0 Å². The zero-order valence-electron chi connectivity index (χ0n) is 11.8. The summed E-state index contributed by atoms with van der Waals surface area (Å²) >= 11 is 0. The molecule has 1 aromatic rings. The molecule has 1 unspecified atom stereocenters. The molecule has 2 rings (SSSR count). The number of rotatable bonds is 4. The minimum Gasteiger partial charge on any atom is -0.465 e. The van der Waals surface area contributed by atoms with Crippen molar-refractivity contribution < 1.29 is 17.9 Å². The molecule has 6 heteroatoms. The molecule has 1 aliphatic rings. The summed E-state index contributed by atoms with van der Waals surface area (Å²) in [6.45, 7) is 3.31. The Balaban J connectivity index is 2.14. The molecule has 0 radical (unpaired) electrons. The molecule has 0 bridgehead atoms. The second-order valence-electron chi connectivity index (χ2n) is 5.29. The molecule has 0 saturated heterocycles. The largest absolute Gasteiger partial charge is 0.465 e. The van der Waals surface area contributed by atoms with Gasteiger partial charge in [-0.05, 0) is 49.9 Å². The van der Waals surface area contributed by atoms with Crippen LogP contribution in [0.15, 0.2) is 18.2 Å². The summed E-state index contributed by atoms with van der Waals surface area (Å²) < 4.78 is 31.2. The molecule has 20 heavy (non-hydrogen) atoms. The van der Waals surface area contributed by atoms with Crippen LogP contribution in [0.3, 0.4) is 0 Å². The lowest BCUT2D eigenvalue weighted by Gasteiger charge is -2.14. The van der Waals surface area contributed by atoms with E-state index in [-0.39, 0.29) is 12.0 Å². The van der Waals surface area contributed by atoms with Gasteiger partial charge in [-0.25, -0.2) is 17.9 Å². The normalized spacial score (nSPS) is 18.1. The van der Waals surface area contributed by atoms with Gasteiger partial charge in [0.1, 0.15) is 0 Å². The van der Waals surface area contributed by atoms with Gasteiger partial charge in [-0.1, -0.05) is 6.07 Å². The van der Waals surface area contributed by atoms with Gasteiger partial charge < -0.3 is 4.74 Å². The van der Waals surface area contributed by atoms with Crippen molar-refractivity contribution in [2.24, 2.45) is 0 Å². The van der Waals surface area contributed by atoms with Gasteiger partial charge in [0.2, 0.25) is 10.0 Å². The first-order chi connectivity index (χ1) is 9.33. The van der Waals surface area contributed by atoms with E-state index in [4.69, 9.17) is 0 Å². The number of ether oxygens (including phenoxy) is 1. The maximum atomic E-state index is 11.9. The van der Waals surface area contributed by atoms with Crippen molar-refractivity contribution in [2.75, 3.05) is 7.11 Å². The van der Waals surface area contributed by atoms with E-state index >= 15 is 0 Å². The second kappa shape index (κ2) is 5.54. The van der Waals surface area contributed by atoms with Gasteiger partial charge in [-0.15, -0.1) is 0 Å². The van der Waals surface area contributed by atoms with Crippen molar-refractivity contribution in [1.82, 2.24) is 4.72 Å². The van der Waals surface area contributed by atoms with Crippen LogP contribution in [0, 0.1) is 0 Å². The monoisotopic (exact) mass is 297 g/mol. The van der Waals surface area contributed by atoms with E-state index in [9.17, 15) is 13.2 Å². The summed E-state index contributed by atoms with van der Waals surface area (Å²) in [6, 6.07) is 5.23. The molecule has 1 aliphatic carbocycles. The Hall–Kier alpha value is -1.40. The van der Waals surface area contributed by atoms with E-state index in [1.165, 1.54) is 7.11 Å². The SMILES string of the molecule is COC(=O)c1ccc2c(c1)CC(NS(=O)(=O)C(C)C)C2. The Morgan fingerprint density at radius 1 is 1.30 bits per heavy atom. The lowest BCUT2D eigenvalue weighted by molar-refractivity contribution is 0.0600. The highest BCUT2D eigenvalue weighted by atomic mass is 32.2. The Labute approximate surface area is 119 Å². The van der Waals surface area contributed by atoms with Gasteiger partial charge in [0.05, 0.1) is 17.9 Å². The number of carbonyl (C=O) groups excluding carboxylic acids is 1. The number of methoxy groups -OCH3 is 1. The van der Waals surface area contributed by atoms with Gasteiger partial charge in [0, 0.05) is 6.04 Å². The first kappa shape index (κ1) is 15.0. The number of carbonyl (C=O) groups is 1. The number of benzene rings is 1. The zero-order valence-corrected chi connectivity index (χ0v) is 12.7. The number of esters is 1. The quantitative estimate of drug-likeness (QED) is 0.849. The molecular weight excluding hydrogens is 278 g/mol. The number of sulfonamides is 1. The Morgan fingerprint density at radius 2 is 1.95 bits per heavy atom. The number of nitrogens with one attached hydrogen (secondary N) is 1. The lowest BCUT2D eigenvalue weighted by atomic mass is 10.1. The topological polar surface area (TPSA) is 72.5 Å². The van der Waals surface area contributed by atoms with Gasteiger partial charge in [0.15, 0.2) is 0 Å². The molecular formula is C14H19NO4S. The number of fused-ring (bicyclic) bond motifs is 1. The fourth-order valence-electron chi connectivity index (χ4n) is 2.31. The van der Waals surface area contributed by atoms with Crippen molar-refractivity contribution in [2.45, 2.75) is 38.0 Å². The average molecular weight is 297 g/mol. The van der Waals surface area contributed by atoms with Crippen molar-refractivity contribution in [3.8, 4) is 0 Å². The summed E-state index contributed by atoms with van der Waals surface area (Å²) in [7, 11) is -1.93. The Kier molecular flexibility index (Phi) is 4.15. The molecule has 0 amide bonds.